The van der Waals surface area contributed by atoms with Crippen molar-refractivity contribution in [3.05, 3.63) is 66.5 Å². The largest absolute Gasteiger partial charge is 0.353 e. The topological polar surface area (TPSA) is 101 Å². The van der Waals surface area contributed by atoms with Gasteiger partial charge in [-0.1, -0.05) is 30.3 Å². The minimum Gasteiger partial charge on any atom is -0.353 e. The summed E-state index contributed by atoms with van der Waals surface area (Å²) in [5, 5.41) is 13.3. The number of rotatable bonds is 9. The first-order valence-electron chi connectivity index (χ1n) is 10.2. The Bertz CT molecular complexity index is 1000. The number of pyridine rings is 1. The summed E-state index contributed by atoms with van der Waals surface area (Å²) in [6, 6.07) is 14.7. The Labute approximate surface area is 182 Å². The predicted octanol–water partition coefficient (Wildman–Crippen LogP) is 2.15. The third-order valence-corrected chi connectivity index (χ3v) is 4.66. The van der Waals surface area contributed by atoms with E-state index in [4.69, 9.17) is 0 Å². The molecule has 3 rings (SSSR count). The van der Waals surface area contributed by atoms with Crippen LogP contribution in [0.2, 0.25) is 0 Å². The minimum absolute atomic E-state index is 0.0387. The van der Waals surface area contributed by atoms with Crippen LogP contribution >= 0.6 is 0 Å². The van der Waals surface area contributed by atoms with E-state index in [1.807, 2.05) is 62.4 Å². The molecule has 3 N–H and O–H groups in total. The second-order valence-corrected chi connectivity index (χ2v) is 7.61. The lowest BCUT2D eigenvalue weighted by Gasteiger charge is -2.19. The van der Waals surface area contributed by atoms with E-state index in [2.05, 4.69) is 26.0 Å². The molecule has 3 aromatic rings. The zero-order chi connectivity index (χ0) is 22.2. The molecule has 2 aromatic heterocycles. The number of benzene rings is 1. The van der Waals surface area contributed by atoms with Gasteiger partial charge in [0.25, 0.3) is 0 Å². The molecular formula is C23H28N6O2. The molecular weight excluding hydrogens is 392 g/mol. The number of amides is 2. The van der Waals surface area contributed by atoms with Crippen LogP contribution in [0.4, 0.5) is 5.82 Å². The number of anilines is 1. The van der Waals surface area contributed by atoms with E-state index in [0.29, 0.717) is 12.2 Å². The van der Waals surface area contributed by atoms with Crippen LogP contribution in [0.5, 0.6) is 0 Å². The molecule has 0 unspecified atom stereocenters. The summed E-state index contributed by atoms with van der Waals surface area (Å²) in [5.74, 6) is 0.190. The van der Waals surface area contributed by atoms with Gasteiger partial charge in [0.15, 0.2) is 0 Å². The van der Waals surface area contributed by atoms with Crippen LogP contribution in [0.1, 0.15) is 19.4 Å². The summed E-state index contributed by atoms with van der Waals surface area (Å²) in [6.45, 7) is 3.85. The molecule has 0 saturated heterocycles. The van der Waals surface area contributed by atoms with Crippen LogP contribution in [0, 0.1) is 0 Å². The van der Waals surface area contributed by atoms with E-state index in [9.17, 15) is 9.59 Å². The Hall–Kier alpha value is -3.52. The van der Waals surface area contributed by atoms with E-state index < -0.39 is 6.04 Å². The van der Waals surface area contributed by atoms with Crippen molar-refractivity contribution in [1.29, 1.82) is 0 Å². The van der Waals surface area contributed by atoms with Gasteiger partial charge >= 0.3 is 0 Å². The quantitative estimate of drug-likeness (QED) is 0.492. The number of aryl methyl sites for hydroxylation is 1. The van der Waals surface area contributed by atoms with Gasteiger partial charge in [0.1, 0.15) is 5.82 Å². The van der Waals surface area contributed by atoms with Crippen molar-refractivity contribution in [2.24, 2.45) is 7.05 Å². The van der Waals surface area contributed by atoms with Gasteiger partial charge in [-0.2, -0.15) is 5.10 Å². The van der Waals surface area contributed by atoms with Crippen molar-refractivity contribution < 1.29 is 9.59 Å². The van der Waals surface area contributed by atoms with Crippen LogP contribution in [0.15, 0.2) is 60.9 Å². The normalized spacial score (nSPS) is 11.9. The lowest BCUT2D eigenvalue weighted by Crippen LogP contribution is -2.47. The van der Waals surface area contributed by atoms with Crippen molar-refractivity contribution >= 4 is 17.6 Å². The van der Waals surface area contributed by atoms with Gasteiger partial charge in [0, 0.05) is 37.1 Å². The number of hydrogen-bond donors (Lipinski definition) is 3. The fourth-order valence-corrected chi connectivity index (χ4v) is 3.16. The highest BCUT2D eigenvalue weighted by Gasteiger charge is 2.21. The second kappa shape index (κ2) is 10.5. The standard InChI is InChI=1S/C23H28N6O2/c1-16(2)26-22(30)15-25-20(13-17-7-5-4-6-8-17)23(31)27-21-14-19(28-29(21)3)18-9-11-24-12-10-18/h4-12,14,16,20,25H,13,15H2,1-3H3,(H,26,30)(H,27,31)/t20-/m0/s1. The Morgan fingerprint density at radius 1 is 1.06 bits per heavy atom. The molecule has 0 aliphatic carbocycles. The summed E-state index contributed by atoms with van der Waals surface area (Å²) in [5.41, 5.74) is 2.65. The lowest BCUT2D eigenvalue weighted by molar-refractivity contribution is -0.121. The molecule has 8 nitrogen and oxygen atoms in total. The summed E-state index contributed by atoms with van der Waals surface area (Å²) in [4.78, 5) is 29.2. The van der Waals surface area contributed by atoms with Gasteiger partial charge in [-0.15, -0.1) is 0 Å². The molecule has 2 heterocycles. The van der Waals surface area contributed by atoms with Crippen molar-refractivity contribution in [2.75, 3.05) is 11.9 Å². The number of aromatic nitrogens is 3. The maximum absolute atomic E-state index is 13.1. The summed E-state index contributed by atoms with van der Waals surface area (Å²) < 4.78 is 1.62. The van der Waals surface area contributed by atoms with Gasteiger partial charge in [-0.3, -0.25) is 24.6 Å². The molecule has 0 radical (unpaired) electrons. The minimum atomic E-state index is -0.584. The van der Waals surface area contributed by atoms with Crippen LogP contribution in [-0.2, 0) is 23.1 Å². The van der Waals surface area contributed by atoms with Crippen molar-refractivity contribution in [3.63, 3.8) is 0 Å². The maximum Gasteiger partial charge on any atom is 0.243 e. The fourth-order valence-electron chi connectivity index (χ4n) is 3.16. The van der Waals surface area contributed by atoms with Crippen molar-refractivity contribution in [3.8, 4) is 11.3 Å². The fraction of sp³-hybridized carbons (Fsp3) is 0.304. The second-order valence-electron chi connectivity index (χ2n) is 7.61. The summed E-state index contributed by atoms with van der Waals surface area (Å²) in [6.07, 6.45) is 3.85. The predicted molar refractivity (Wildman–Crippen MR) is 120 cm³/mol. The molecule has 0 spiro atoms. The monoisotopic (exact) mass is 420 g/mol. The zero-order valence-corrected chi connectivity index (χ0v) is 18.0. The Balaban J connectivity index is 1.73. The van der Waals surface area contributed by atoms with E-state index in [1.54, 1.807) is 24.1 Å². The number of nitrogens with one attached hydrogen (secondary N) is 3. The highest BCUT2D eigenvalue weighted by Crippen LogP contribution is 2.20. The zero-order valence-electron chi connectivity index (χ0n) is 18.0. The Morgan fingerprint density at radius 2 is 1.77 bits per heavy atom. The number of nitrogens with zero attached hydrogens (tertiary/aromatic N) is 3. The first-order chi connectivity index (χ1) is 14.9. The number of hydrogen-bond acceptors (Lipinski definition) is 5. The molecule has 0 saturated carbocycles. The third kappa shape index (κ3) is 6.48. The Morgan fingerprint density at radius 3 is 2.45 bits per heavy atom. The maximum atomic E-state index is 13.1. The number of carbonyl (C=O) groups is 2. The van der Waals surface area contributed by atoms with Gasteiger partial charge in [-0.25, -0.2) is 0 Å². The van der Waals surface area contributed by atoms with Crippen molar-refractivity contribution in [1.82, 2.24) is 25.4 Å². The van der Waals surface area contributed by atoms with E-state index >= 15 is 0 Å². The van der Waals surface area contributed by atoms with Gasteiger partial charge in [0.2, 0.25) is 11.8 Å². The molecule has 2 amide bonds. The third-order valence-electron chi connectivity index (χ3n) is 4.66. The van der Waals surface area contributed by atoms with E-state index in [-0.39, 0.29) is 24.4 Å². The highest BCUT2D eigenvalue weighted by molar-refractivity contribution is 5.95. The molecule has 8 heteroatoms. The molecule has 0 fully saturated rings. The van der Waals surface area contributed by atoms with Gasteiger partial charge < -0.3 is 10.6 Å². The molecule has 0 aliphatic rings. The Kier molecular flexibility index (Phi) is 7.50. The van der Waals surface area contributed by atoms with E-state index in [0.717, 1.165) is 16.8 Å². The molecule has 31 heavy (non-hydrogen) atoms. The SMILES string of the molecule is CC(C)NC(=O)CN[C@@H](Cc1ccccc1)C(=O)Nc1cc(-c2ccncc2)nn1C. The molecule has 0 aliphatic heterocycles. The molecule has 1 aromatic carbocycles. The van der Waals surface area contributed by atoms with Gasteiger partial charge in [0.05, 0.1) is 18.3 Å². The number of carbonyl (C=O) groups excluding carboxylic acids is 2. The molecule has 0 bridgehead atoms. The highest BCUT2D eigenvalue weighted by atomic mass is 16.2. The first-order valence-corrected chi connectivity index (χ1v) is 10.2. The van der Waals surface area contributed by atoms with Crippen LogP contribution in [0.25, 0.3) is 11.3 Å². The molecule has 162 valence electrons. The average molecular weight is 421 g/mol. The van der Waals surface area contributed by atoms with Crippen LogP contribution < -0.4 is 16.0 Å². The smallest absolute Gasteiger partial charge is 0.243 e. The van der Waals surface area contributed by atoms with Crippen molar-refractivity contribution in [2.45, 2.75) is 32.4 Å². The van der Waals surface area contributed by atoms with Gasteiger partial charge in [-0.05, 0) is 38.0 Å². The summed E-state index contributed by atoms with van der Waals surface area (Å²) in [7, 11) is 1.77. The van der Waals surface area contributed by atoms with Crippen LogP contribution in [-0.4, -0.2) is 45.2 Å². The molecule has 1 atom stereocenters. The summed E-state index contributed by atoms with van der Waals surface area (Å²) >= 11 is 0. The van der Waals surface area contributed by atoms with E-state index in [1.165, 1.54) is 0 Å². The average Bonchev–Trinajstić information content (AvgIpc) is 3.12. The first kappa shape index (κ1) is 22.2. The lowest BCUT2D eigenvalue weighted by atomic mass is 10.1. The van der Waals surface area contributed by atoms with Crippen LogP contribution in [0.3, 0.4) is 0 Å².